The topological polar surface area (TPSA) is 58.1 Å². The first-order valence-electron chi connectivity index (χ1n) is 7.32. The van der Waals surface area contributed by atoms with Gasteiger partial charge in [0.25, 0.3) is 5.91 Å². The van der Waals surface area contributed by atoms with Crippen LogP contribution in [0.15, 0.2) is 30.5 Å². The smallest absolute Gasteiger partial charge is 0.274 e. The number of benzene rings is 1. The van der Waals surface area contributed by atoms with E-state index < -0.39 is 0 Å². The van der Waals surface area contributed by atoms with Gasteiger partial charge in [-0.15, -0.1) is 0 Å². The molecule has 1 N–H and O–H groups in total. The number of hydrogen-bond donors (Lipinski definition) is 1. The monoisotopic (exact) mass is 352 g/mol. The van der Waals surface area contributed by atoms with Gasteiger partial charge in [0, 0.05) is 24.8 Å². The molecule has 0 saturated carbocycles. The van der Waals surface area contributed by atoms with E-state index in [4.69, 9.17) is 23.2 Å². The van der Waals surface area contributed by atoms with Gasteiger partial charge in [0.05, 0.1) is 10.7 Å². The van der Waals surface area contributed by atoms with E-state index in [1.165, 1.54) is 0 Å². The lowest BCUT2D eigenvalue weighted by atomic mass is 10.3. The quantitative estimate of drug-likeness (QED) is 0.843. The number of halogens is 2. The molecule has 0 spiro atoms. The molecule has 0 atom stereocenters. The van der Waals surface area contributed by atoms with E-state index in [9.17, 15) is 4.79 Å². The summed E-state index contributed by atoms with van der Waals surface area (Å²) in [5.74, 6) is 0.176. The van der Waals surface area contributed by atoms with Crippen molar-refractivity contribution in [1.29, 1.82) is 0 Å². The largest absolute Gasteiger partial charge is 0.344 e. The van der Waals surface area contributed by atoms with Crippen LogP contribution in [0, 0.1) is 0 Å². The SMILES string of the molecule is CCCCN(C)c1nccc(C(=O)Nc2ccc(Cl)cc2Cl)n1. The summed E-state index contributed by atoms with van der Waals surface area (Å²) in [5, 5.41) is 3.61. The molecular weight excluding hydrogens is 335 g/mol. The van der Waals surface area contributed by atoms with E-state index in [1.807, 2.05) is 11.9 Å². The molecule has 1 aromatic heterocycles. The minimum atomic E-state index is -0.346. The van der Waals surface area contributed by atoms with Crippen LogP contribution in [0.1, 0.15) is 30.3 Å². The summed E-state index contributed by atoms with van der Waals surface area (Å²) in [5.41, 5.74) is 0.768. The van der Waals surface area contributed by atoms with Crippen LogP contribution in [0.3, 0.4) is 0 Å². The fraction of sp³-hybridized carbons (Fsp3) is 0.312. The Kier molecular flexibility index (Phi) is 6.19. The van der Waals surface area contributed by atoms with Crippen molar-refractivity contribution in [2.45, 2.75) is 19.8 Å². The fourth-order valence-corrected chi connectivity index (χ4v) is 2.39. The van der Waals surface area contributed by atoms with Crippen molar-refractivity contribution in [2.75, 3.05) is 23.8 Å². The van der Waals surface area contributed by atoms with Gasteiger partial charge in [0.2, 0.25) is 5.95 Å². The van der Waals surface area contributed by atoms with Crippen molar-refractivity contribution in [3.8, 4) is 0 Å². The highest BCUT2D eigenvalue weighted by molar-refractivity contribution is 6.36. The molecule has 0 saturated heterocycles. The van der Waals surface area contributed by atoms with Crippen LogP contribution in [0.25, 0.3) is 0 Å². The first kappa shape index (κ1) is 17.5. The summed E-state index contributed by atoms with van der Waals surface area (Å²) in [6, 6.07) is 6.45. The van der Waals surface area contributed by atoms with Crippen LogP contribution >= 0.6 is 23.2 Å². The third kappa shape index (κ3) is 4.81. The van der Waals surface area contributed by atoms with E-state index in [1.54, 1.807) is 30.5 Å². The minimum Gasteiger partial charge on any atom is -0.344 e. The first-order chi connectivity index (χ1) is 11.0. The molecule has 1 amide bonds. The van der Waals surface area contributed by atoms with Crippen molar-refractivity contribution in [1.82, 2.24) is 9.97 Å². The lowest BCUT2D eigenvalue weighted by Crippen LogP contribution is -2.23. The van der Waals surface area contributed by atoms with Gasteiger partial charge >= 0.3 is 0 Å². The normalized spacial score (nSPS) is 10.4. The summed E-state index contributed by atoms with van der Waals surface area (Å²) in [7, 11) is 1.91. The maximum absolute atomic E-state index is 12.3. The average Bonchev–Trinajstić information content (AvgIpc) is 2.55. The van der Waals surface area contributed by atoms with E-state index in [0.29, 0.717) is 21.7 Å². The zero-order valence-corrected chi connectivity index (χ0v) is 14.5. The molecule has 0 fully saturated rings. The van der Waals surface area contributed by atoms with Gasteiger partial charge in [0.1, 0.15) is 5.69 Å². The van der Waals surface area contributed by atoms with Crippen LogP contribution in [0.5, 0.6) is 0 Å². The number of carbonyl (C=O) groups is 1. The van der Waals surface area contributed by atoms with Crippen molar-refractivity contribution in [2.24, 2.45) is 0 Å². The van der Waals surface area contributed by atoms with E-state index >= 15 is 0 Å². The highest BCUT2D eigenvalue weighted by Gasteiger charge is 2.13. The zero-order valence-electron chi connectivity index (χ0n) is 13.0. The number of unbranched alkanes of at least 4 members (excludes halogenated alkanes) is 1. The van der Waals surface area contributed by atoms with E-state index in [2.05, 4.69) is 22.2 Å². The molecule has 2 aromatic rings. The van der Waals surface area contributed by atoms with Gasteiger partial charge in [-0.3, -0.25) is 4.79 Å². The third-order valence-corrected chi connectivity index (χ3v) is 3.79. The number of aromatic nitrogens is 2. The molecule has 122 valence electrons. The molecule has 7 heteroatoms. The molecule has 5 nitrogen and oxygen atoms in total. The van der Waals surface area contributed by atoms with Gasteiger partial charge < -0.3 is 10.2 Å². The Labute approximate surface area is 145 Å². The summed E-state index contributed by atoms with van der Waals surface area (Å²) in [6.07, 6.45) is 3.69. The standard InChI is InChI=1S/C16H18Cl2N4O/c1-3-4-9-22(2)16-19-8-7-14(21-16)15(23)20-13-6-5-11(17)10-12(13)18/h5-8,10H,3-4,9H2,1-2H3,(H,20,23). The van der Waals surface area contributed by atoms with E-state index in [0.717, 1.165) is 19.4 Å². The Morgan fingerprint density at radius 1 is 1.30 bits per heavy atom. The number of carbonyl (C=O) groups excluding carboxylic acids is 1. The summed E-state index contributed by atoms with van der Waals surface area (Å²) in [4.78, 5) is 22.8. The number of nitrogens with one attached hydrogen (secondary N) is 1. The van der Waals surface area contributed by atoms with E-state index in [-0.39, 0.29) is 11.6 Å². The number of anilines is 2. The van der Waals surface area contributed by atoms with Crippen molar-refractivity contribution in [3.63, 3.8) is 0 Å². The van der Waals surface area contributed by atoms with Gasteiger partial charge in [-0.25, -0.2) is 9.97 Å². The Morgan fingerprint density at radius 2 is 2.09 bits per heavy atom. The molecule has 2 rings (SSSR count). The molecule has 0 bridgehead atoms. The lowest BCUT2D eigenvalue weighted by molar-refractivity contribution is 0.102. The van der Waals surface area contributed by atoms with Crippen LogP contribution in [-0.2, 0) is 0 Å². The van der Waals surface area contributed by atoms with Crippen molar-refractivity contribution < 1.29 is 4.79 Å². The molecule has 1 heterocycles. The Bertz CT molecular complexity index is 694. The summed E-state index contributed by atoms with van der Waals surface area (Å²) >= 11 is 11.9. The molecular formula is C16H18Cl2N4O. The fourth-order valence-electron chi connectivity index (χ4n) is 1.93. The number of amides is 1. The van der Waals surface area contributed by atoms with Crippen LogP contribution in [0.4, 0.5) is 11.6 Å². The second kappa shape index (κ2) is 8.13. The van der Waals surface area contributed by atoms with Gasteiger partial charge in [0.15, 0.2) is 0 Å². The summed E-state index contributed by atoms with van der Waals surface area (Å²) in [6.45, 7) is 2.96. The average molecular weight is 353 g/mol. The highest BCUT2D eigenvalue weighted by atomic mass is 35.5. The Morgan fingerprint density at radius 3 is 2.78 bits per heavy atom. The Balaban J connectivity index is 2.13. The zero-order chi connectivity index (χ0) is 16.8. The van der Waals surface area contributed by atoms with Crippen LogP contribution < -0.4 is 10.2 Å². The predicted molar refractivity (Wildman–Crippen MR) is 94.6 cm³/mol. The van der Waals surface area contributed by atoms with Crippen LogP contribution in [0.2, 0.25) is 10.0 Å². The van der Waals surface area contributed by atoms with Crippen LogP contribution in [-0.4, -0.2) is 29.5 Å². The predicted octanol–water partition coefficient (Wildman–Crippen LogP) is 4.27. The maximum atomic E-state index is 12.3. The highest BCUT2D eigenvalue weighted by Crippen LogP contribution is 2.25. The second-order valence-corrected chi connectivity index (χ2v) is 5.94. The number of rotatable bonds is 6. The molecule has 0 aliphatic carbocycles. The molecule has 0 aliphatic rings. The third-order valence-electron chi connectivity index (χ3n) is 3.24. The van der Waals surface area contributed by atoms with Gasteiger partial charge in [-0.2, -0.15) is 0 Å². The van der Waals surface area contributed by atoms with Gasteiger partial charge in [-0.05, 0) is 30.7 Å². The maximum Gasteiger partial charge on any atom is 0.274 e. The molecule has 0 radical (unpaired) electrons. The summed E-state index contributed by atoms with van der Waals surface area (Å²) < 4.78 is 0. The molecule has 1 aromatic carbocycles. The van der Waals surface area contributed by atoms with Crippen molar-refractivity contribution >= 4 is 40.7 Å². The Hall–Kier alpha value is -1.85. The molecule has 0 aliphatic heterocycles. The van der Waals surface area contributed by atoms with Gasteiger partial charge in [-0.1, -0.05) is 36.5 Å². The first-order valence-corrected chi connectivity index (χ1v) is 8.07. The second-order valence-electron chi connectivity index (χ2n) is 5.10. The number of hydrogen-bond acceptors (Lipinski definition) is 4. The molecule has 23 heavy (non-hydrogen) atoms. The van der Waals surface area contributed by atoms with Crippen molar-refractivity contribution in [3.05, 3.63) is 46.2 Å². The minimum absolute atomic E-state index is 0.282. The molecule has 0 unspecified atom stereocenters. The lowest BCUT2D eigenvalue weighted by Gasteiger charge is -2.16. The number of nitrogens with zero attached hydrogens (tertiary/aromatic N) is 3.